The van der Waals surface area contributed by atoms with E-state index in [4.69, 9.17) is 0 Å². The predicted octanol–water partition coefficient (Wildman–Crippen LogP) is 2.78. The minimum Gasteiger partial charge on any atom is -0.310 e. The highest BCUT2D eigenvalue weighted by Gasteiger charge is 2.24. The van der Waals surface area contributed by atoms with Gasteiger partial charge in [-0.1, -0.05) is 32.4 Å². The fraction of sp³-hybridized carbons (Fsp3) is 0.647. The molecule has 3 rings (SSSR count). The molecule has 0 radical (unpaired) electrons. The lowest BCUT2D eigenvalue weighted by molar-refractivity contribution is 0.347. The molecule has 2 N–H and O–H groups in total. The van der Waals surface area contributed by atoms with Crippen molar-refractivity contribution in [2.75, 3.05) is 0 Å². The zero-order valence-corrected chi connectivity index (χ0v) is 12.4. The van der Waals surface area contributed by atoms with E-state index in [9.17, 15) is 0 Å². The lowest BCUT2D eigenvalue weighted by atomic mass is 9.84. The summed E-state index contributed by atoms with van der Waals surface area (Å²) in [7, 11) is 0. The second-order valence-electron chi connectivity index (χ2n) is 6.45. The molecular formula is C17H26N2. The van der Waals surface area contributed by atoms with E-state index in [2.05, 4.69) is 43.5 Å². The van der Waals surface area contributed by atoms with Gasteiger partial charge in [0.05, 0.1) is 0 Å². The molecule has 1 aromatic rings. The molecule has 104 valence electrons. The van der Waals surface area contributed by atoms with Gasteiger partial charge >= 0.3 is 0 Å². The molecule has 2 nitrogen and oxygen atoms in total. The van der Waals surface area contributed by atoms with Gasteiger partial charge in [0.25, 0.3) is 0 Å². The van der Waals surface area contributed by atoms with Crippen molar-refractivity contribution in [3.63, 3.8) is 0 Å². The molecule has 0 saturated heterocycles. The topological polar surface area (TPSA) is 24.1 Å². The third kappa shape index (κ3) is 2.56. The van der Waals surface area contributed by atoms with Gasteiger partial charge in [-0.15, -0.1) is 0 Å². The van der Waals surface area contributed by atoms with Crippen LogP contribution in [-0.4, -0.2) is 12.1 Å². The summed E-state index contributed by atoms with van der Waals surface area (Å²) in [5.74, 6) is 0.768. The molecule has 19 heavy (non-hydrogen) atoms. The quantitative estimate of drug-likeness (QED) is 0.852. The van der Waals surface area contributed by atoms with E-state index in [1.807, 2.05) is 0 Å². The van der Waals surface area contributed by atoms with Crippen LogP contribution in [0.3, 0.4) is 0 Å². The Kier molecular flexibility index (Phi) is 3.64. The highest BCUT2D eigenvalue weighted by Crippen LogP contribution is 2.27. The lowest BCUT2D eigenvalue weighted by Crippen LogP contribution is -2.41. The van der Waals surface area contributed by atoms with Gasteiger partial charge in [-0.2, -0.15) is 0 Å². The van der Waals surface area contributed by atoms with Gasteiger partial charge in [-0.05, 0) is 47.9 Å². The van der Waals surface area contributed by atoms with E-state index in [0.29, 0.717) is 12.1 Å². The normalized spacial score (nSPS) is 27.5. The van der Waals surface area contributed by atoms with Crippen LogP contribution in [0, 0.1) is 5.92 Å². The average molecular weight is 258 g/mol. The number of nitrogens with one attached hydrogen (secondary N) is 2. The van der Waals surface area contributed by atoms with E-state index >= 15 is 0 Å². The summed E-state index contributed by atoms with van der Waals surface area (Å²) in [5.41, 5.74) is 6.21. The molecular weight excluding hydrogens is 232 g/mol. The molecule has 0 amide bonds. The van der Waals surface area contributed by atoms with Gasteiger partial charge in [-0.25, -0.2) is 0 Å². The monoisotopic (exact) mass is 258 g/mol. The van der Waals surface area contributed by atoms with E-state index in [1.165, 1.54) is 30.4 Å². The summed E-state index contributed by atoms with van der Waals surface area (Å²) >= 11 is 0. The van der Waals surface area contributed by atoms with Gasteiger partial charge < -0.3 is 10.6 Å². The highest BCUT2D eigenvalue weighted by atomic mass is 14.9. The molecule has 0 bridgehead atoms. The first-order chi connectivity index (χ1) is 9.17. The van der Waals surface area contributed by atoms with Crippen LogP contribution in [0.15, 0.2) is 12.1 Å². The Hall–Kier alpha value is -0.860. The Morgan fingerprint density at radius 3 is 2.42 bits per heavy atom. The summed E-state index contributed by atoms with van der Waals surface area (Å²) < 4.78 is 0. The summed E-state index contributed by atoms with van der Waals surface area (Å²) in [4.78, 5) is 0. The first-order valence-electron chi connectivity index (χ1n) is 7.77. The molecule has 2 heteroatoms. The van der Waals surface area contributed by atoms with Gasteiger partial charge in [0.1, 0.15) is 0 Å². The summed E-state index contributed by atoms with van der Waals surface area (Å²) in [6.07, 6.45) is 3.66. The van der Waals surface area contributed by atoms with E-state index in [0.717, 1.165) is 19.0 Å². The zero-order valence-electron chi connectivity index (χ0n) is 12.4. The maximum absolute atomic E-state index is 3.72. The van der Waals surface area contributed by atoms with Crippen molar-refractivity contribution in [3.05, 3.63) is 34.4 Å². The van der Waals surface area contributed by atoms with Crippen molar-refractivity contribution in [3.8, 4) is 0 Å². The molecule has 3 atom stereocenters. The van der Waals surface area contributed by atoms with Crippen molar-refractivity contribution in [1.29, 1.82) is 0 Å². The Bertz CT molecular complexity index is 467. The van der Waals surface area contributed by atoms with Crippen molar-refractivity contribution in [2.24, 2.45) is 5.92 Å². The first kappa shape index (κ1) is 13.1. The molecule has 2 heterocycles. The predicted molar refractivity (Wildman–Crippen MR) is 80.2 cm³/mol. The maximum Gasteiger partial charge on any atom is 0.0211 e. The highest BCUT2D eigenvalue weighted by molar-refractivity contribution is 5.41. The van der Waals surface area contributed by atoms with Crippen molar-refractivity contribution < 1.29 is 0 Å². The first-order valence-corrected chi connectivity index (χ1v) is 7.77. The fourth-order valence-corrected chi connectivity index (χ4v) is 3.42. The van der Waals surface area contributed by atoms with Gasteiger partial charge in [-0.3, -0.25) is 0 Å². The molecule has 1 aromatic carbocycles. The van der Waals surface area contributed by atoms with Crippen LogP contribution in [0.5, 0.6) is 0 Å². The van der Waals surface area contributed by atoms with Crippen LogP contribution in [0.2, 0.25) is 0 Å². The Balaban J connectivity index is 1.86. The van der Waals surface area contributed by atoms with Gasteiger partial charge in [0.2, 0.25) is 0 Å². The molecule has 0 aliphatic carbocycles. The van der Waals surface area contributed by atoms with Crippen LogP contribution in [0.4, 0.5) is 0 Å². The standard InChI is InChI=1S/C17H26N2/c1-4-11(2)17-8-14-6-13-5-12(3)18-9-15(13)7-16(14)10-19-17/h6-7,11-12,17-19H,4-5,8-10H2,1-3H3. The van der Waals surface area contributed by atoms with Crippen LogP contribution >= 0.6 is 0 Å². The second-order valence-corrected chi connectivity index (χ2v) is 6.45. The lowest BCUT2D eigenvalue weighted by Gasteiger charge is -2.32. The number of fused-ring (bicyclic) bond motifs is 2. The SMILES string of the molecule is CCC(C)C1Cc2cc3c(cc2CN1)CNC(C)C3. The second kappa shape index (κ2) is 5.26. The van der Waals surface area contributed by atoms with Gasteiger partial charge in [0, 0.05) is 25.2 Å². The largest absolute Gasteiger partial charge is 0.310 e. The molecule has 0 aromatic heterocycles. The Labute approximate surface area is 117 Å². The van der Waals surface area contributed by atoms with Gasteiger partial charge in [0.15, 0.2) is 0 Å². The maximum atomic E-state index is 3.72. The van der Waals surface area contributed by atoms with Crippen LogP contribution in [0.1, 0.15) is 49.4 Å². The number of hydrogen-bond donors (Lipinski definition) is 2. The minimum absolute atomic E-state index is 0.623. The molecule has 2 aliphatic rings. The van der Waals surface area contributed by atoms with Crippen molar-refractivity contribution in [1.82, 2.24) is 10.6 Å². The van der Waals surface area contributed by atoms with Crippen LogP contribution in [0.25, 0.3) is 0 Å². The van der Waals surface area contributed by atoms with Crippen LogP contribution in [-0.2, 0) is 25.9 Å². The summed E-state index contributed by atoms with van der Waals surface area (Å²) in [5, 5.41) is 7.28. The van der Waals surface area contributed by atoms with Crippen LogP contribution < -0.4 is 10.6 Å². The Morgan fingerprint density at radius 2 is 1.68 bits per heavy atom. The zero-order chi connectivity index (χ0) is 13.4. The molecule has 0 saturated carbocycles. The third-order valence-corrected chi connectivity index (χ3v) is 5.01. The number of rotatable bonds is 2. The van der Waals surface area contributed by atoms with Crippen molar-refractivity contribution in [2.45, 2.75) is 65.2 Å². The smallest absolute Gasteiger partial charge is 0.0211 e. The van der Waals surface area contributed by atoms with E-state index in [1.54, 1.807) is 11.1 Å². The summed E-state index contributed by atoms with van der Waals surface area (Å²) in [6, 6.07) is 6.22. The molecule has 0 spiro atoms. The third-order valence-electron chi connectivity index (χ3n) is 5.01. The molecule has 2 aliphatic heterocycles. The average Bonchev–Trinajstić information content (AvgIpc) is 2.43. The fourth-order valence-electron chi connectivity index (χ4n) is 3.42. The van der Waals surface area contributed by atoms with E-state index < -0.39 is 0 Å². The van der Waals surface area contributed by atoms with Crippen molar-refractivity contribution >= 4 is 0 Å². The minimum atomic E-state index is 0.623. The number of hydrogen-bond acceptors (Lipinski definition) is 2. The molecule has 0 fully saturated rings. The molecule has 3 unspecified atom stereocenters. The Morgan fingerprint density at radius 1 is 1.05 bits per heavy atom. The summed E-state index contributed by atoms with van der Waals surface area (Å²) in [6.45, 7) is 9.03. The number of benzene rings is 1. The van der Waals surface area contributed by atoms with E-state index in [-0.39, 0.29) is 0 Å².